The fourth-order valence-electron chi connectivity index (χ4n) is 1.04. The van der Waals surface area contributed by atoms with Gasteiger partial charge in [0.05, 0.1) is 4.32 Å². The second-order valence-electron chi connectivity index (χ2n) is 5.20. The summed E-state index contributed by atoms with van der Waals surface area (Å²) in [5.41, 5.74) is 4.76. The van der Waals surface area contributed by atoms with Crippen LogP contribution in [-0.4, -0.2) is 39.9 Å². The Morgan fingerprint density at radius 1 is 1.24 bits per heavy atom. The maximum absolute atomic E-state index is 12.0. The van der Waals surface area contributed by atoms with Crippen LogP contribution in [0.5, 0.6) is 0 Å². The van der Waals surface area contributed by atoms with E-state index in [1.54, 1.807) is 34.6 Å². The summed E-state index contributed by atoms with van der Waals surface area (Å²) in [6, 6.07) is 0. The van der Waals surface area contributed by atoms with Crippen LogP contribution in [0.25, 0.3) is 0 Å². The topological polar surface area (TPSA) is 72.6 Å². The Morgan fingerprint density at radius 2 is 1.71 bits per heavy atom. The number of ether oxygens (including phenoxy) is 1. The Balaban J connectivity index is 4.87. The molecule has 0 saturated heterocycles. The number of alkyl halides is 1. The second-order valence-corrected chi connectivity index (χ2v) is 7.18. The zero-order valence-corrected chi connectivity index (χ0v) is 12.6. The van der Waals surface area contributed by atoms with E-state index in [2.05, 4.69) is 15.9 Å². The predicted molar refractivity (Wildman–Crippen MR) is 70.0 cm³/mol. The highest BCUT2D eigenvalue weighted by molar-refractivity contribution is 9.10. The molecule has 0 aliphatic heterocycles. The maximum Gasteiger partial charge on any atom is 0.417 e. The number of carbonyl (C=O) groups is 2. The molecule has 0 rings (SSSR count). The number of hydrogen-bond acceptors (Lipinski definition) is 4. The number of rotatable bonds is 3. The highest BCUT2D eigenvalue weighted by Gasteiger charge is 2.34. The smallest absolute Gasteiger partial charge is 0.417 e. The third kappa shape index (κ3) is 6.02. The highest BCUT2D eigenvalue weighted by atomic mass is 79.9. The van der Waals surface area contributed by atoms with Gasteiger partial charge in [0, 0.05) is 13.1 Å². The van der Waals surface area contributed by atoms with E-state index in [1.807, 2.05) is 0 Å². The Morgan fingerprint density at radius 3 is 2.00 bits per heavy atom. The summed E-state index contributed by atoms with van der Waals surface area (Å²) in [7, 11) is 0. The van der Waals surface area contributed by atoms with Crippen molar-refractivity contribution < 1.29 is 14.3 Å². The van der Waals surface area contributed by atoms with E-state index in [4.69, 9.17) is 10.5 Å². The number of imide groups is 1. The predicted octanol–water partition coefficient (Wildman–Crippen LogP) is 1.88. The average Bonchev–Trinajstić information content (AvgIpc) is 2.08. The van der Waals surface area contributed by atoms with Crippen LogP contribution >= 0.6 is 15.9 Å². The van der Waals surface area contributed by atoms with E-state index in [0.717, 1.165) is 4.90 Å². The van der Waals surface area contributed by atoms with Gasteiger partial charge < -0.3 is 10.5 Å². The van der Waals surface area contributed by atoms with E-state index in [-0.39, 0.29) is 19.0 Å². The lowest BCUT2D eigenvalue weighted by Gasteiger charge is -2.29. The summed E-state index contributed by atoms with van der Waals surface area (Å²) in [6.45, 7) is 8.92. The first kappa shape index (κ1) is 16.4. The lowest BCUT2D eigenvalue weighted by molar-refractivity contribution is -0.131. The molecule has 6 heteroatoms. The van der Waals surface area contributed by atoms with Crippen molar-refractivity contribution in [2.24, 2.45) is 5.73 Å². The Bertz CT molecular complexity index is 292. The van der Waals surface area contributed by atoms with Crippen LogP contribution in [-0.2, 0) is 9.53 Å². The first-order valence-electron chi connectivity index (χ1n) is 5.43. The van der Waals surface area contributed by atoms with Gasteiger partial charge in [-0.2, -0.15) is 0 Å². The third-order valence-electron chi connectivity index (χ3n) is 1.72. The molecule has 100 valence electrons. The second kappa shape index (κ2) is 5.82. The molecule has 0 aliphatic carbocycles. The van der Waals surface area contributed by atoms with Crippen LogP contribution in [0.15, 0.2) is 0 Å². The minimum Gasteiger partial charge on any atom is -0.443 e. The summed E-state index contributed by atoms with van der Waals surface area (Å²) in [5, 5.41) is 0. The summed E-state index contributed by atoms with van der Waals surface area (Å²) in [6.07, 6.45) is -0.666. The standard InChI is InChI=1S/C11H21BrN2O3/c1-10(2,3)17-9(16)14(7-6-13)8(15)11(4,5)12/h6-7,13H2,1-5H3. The molecule has 0 bridgehead atoms. The SMILES string of the molecule is CC(C)(C)OC(=O)N(CCN)C(=O)C(C)(C)Br. The molecule has 5 nitrogen and oxygen atoms in total. The molecular formula is C11H21BrN2O3. The van der Waals surface area contributed by atoms with E-state index in [0.29, 0.717) is 0 Å². The molecule has 0 spiro atoms. The largest absolute Gasteiger partial charge is 0.443 e. The zero-order valence-electron chi connectivity index (χ0n) is 11.0. The molecule has 0 aliphatic rings. The van der Waals surface area contributed by atoms with Crippen LogP contribution in [0.1, 0.15) is 34.6 Å². The normalized spacial score (nSPS) is 12.2. The van der Waals surface area contributed by atoms with Gasteiger partial charge in [-0.05, 0) is 34.6 Å². The molecule has 0 aromatic rings. The van der Waals surface area contributed by atoms with Crippen molar-refractivity contribution in [2.75, 3.05) is 13.1 Å². The fraction of sp³-hybridized carbons (Fsp3) is 0.818. The first-order valence-corrected chi connectivity index (χ1v) is 6.22. The molecule has 17 heavy (non-hydrogen) atoms. The van der Waals surface area contributed by atoms with Crippen LogP contribution in [0.3, 0.4) is 0 Å². The van der Waals surface area contributed by atoms with Crippen molar-refractivity contribution in [2.45, 2.75) is 44.5 Å². The number of amides is 2. The van der Waals surface area contributed by atoms with Crippen molar-refractivity contribution in [1.29, 1.82) is 0 Å². The molecule has 0 saturated carbocycles. The number of carbonyl (C=O) groups excluding carboxylic acids is 2. The van der Waals surface area contributed by atoms with Gasteiger partial charge in [0.15, 0.2) is 0 Å². The third-order valence-corrected chi connectivity index (χ3v) is 2.06. The number of halogens is 1. The van der Waals surface area contributed by atoms with Gasteiger partial charge in [-0.3, -0.25) is 4.79 Å². The number of hydrogen-bond donors (Lipinski definition) is 1. The lowest BCUT2D eigenvalue weighted by Crippen LogP contribution is -2.49. The Labute approximate surface area is 111 Å². The van der Waals surface area contributed by atoms with Gasteiger partial charge in [-0.25, -0.2) is 9.69 Å². The lowest BCUT2D eigenvalue weighted by atomic mass is 10.2. The van der Waals surface area contributed by atoms with Crippen molar-refractivity contribution in [3.05, 3.63) is 0 Å². The number of nitrogens with two attached hydrogens (primary N) is 1. The molecule has 0 unspecified atom stereocenters. The minimum atomic E-state index is -0.820. The molecule has 2 N–H and O–H groups in total. The highest BCUT2D eigenvalue weighted by Crippen LogP contribution is 2.20. The summed E-state index contributed by atoms with van der Waals surface area (Å²) in [4.78, 5) is 24.9. The van der Waals surface area contributed by atoms with Crippen LogP contribution in [0, 0.1) is 0 Å². The van der Waals surface area contributed by atoms with E-state index in [1.165, 1.54) is 0 Å². The van der Waals surface area contributed by atoms with Crippen molar-refractivity contribution in [3.63, 3.8) is 0 Å². The van der Waals surface area contributed by atoms with Gasteiger partial charge in [-0.1, -0.05) is 15.9 Å². The molecule has 0 atom stereocenters. The van der Waals surface area contributed by atoms with Gasteiger partial charge >= 0.3 is 6.09 Å². The minimum absolute atomic E-state index is 0.142. The van der Waals surface area contributed by atoms with Crippen LogP contribution < -0.4 is 5.73 Å². The summed E-state index contributed by atoms with van der Waals surface area (Å²) < 4.78 is 4.34. The van der Waals surface area contributed by atoms with Gasteiger partial charge in [-0.15, -0.1) is 0 Å². The molecule has 0 aromatic carbocycles. The molecule has 0 heterocycles. The summed E-state index contributed by atoms with van der Waals surface area (Å²) in [5.74, 6) is -0.364. The molecule has 0 fully saturated rings. The molecular weight excluding hydrogens is 288 g/mol. The maximum atomic E-state index is 12.0. The van der Waals surface area contributed by atoms with Gasteiger partial charge in [0.1, 0.15) is 5.60 Å². The fourth-order valence-corrected chi connectivity index (χ4v) is 1.26. The Hall–Kier alpha value is -0.620. The van der Waals surface area contributed by atoms with E-state index in [9.17, 15) is 9.59 Å². The monoisotopic (exact) mass is 308 g/mol. The van der Waals surface area contributed by atoms with Crippen LogP contribution in [0.2, 0.25) is 0 Å². The molecule has 0 radical (unpaired) electrons. The number of nitrogens with zero attached hydrogens (tertiary/aromatic N) is 1. The average molecular weight is 309 g/mol. The molecule has 0 aromatic heterocycles. The van der Waals surface area contributed by atoms with Gasteiger partial charge in [0.2, 0.25) is 5.91 Å². The summed E-state index contributed by atoms with van der Waals surface area (Å²) >= 11 is 3.22. The zero-order chi connectivity index (χ0) is 13.9. The Kier molecular flexibility index (Phi) is 5.61. The first-order chi connectivity index (χ1) is 7.49. The molecule has 2 amide bonds. The van der Waals surface area contributed by atoms with E-state index < -0.39 is 16.0 Å². The van der Waals surface area contributed by atoms with Gasteiger partial charge in [0.25, 0.3) is 0 Å². The van der Waals surface area contributed by atoms with Crippen LogP contribution in [0.4, 0.5) is 4.79 Å². The quantitative estimate of drug-likeness (QED) is 0.808. The van der Waals surface area contributed by atoms with Crippen molar-refractivity contribution in [3.8, 4) is 0 Å². The van der Waals surface area contributed by atoms with Crippen molar-refractivity contribution in [1.82, 2.24) is 4.90 Å². The van der Waals surface area contributed by atoms with E-state index >= 15 is 0 Å². The van der Waals surface area contributed by atoms with Crippen molar-refractivity contribution >= 4 is 27.9 Å².